The lowest BCUT2D eigenvalue weighted by molar-refractivity contribution is 0.767. The molecule has 118 valence electrons. The van der Waals surface area contributed by atoms with Crippen molar-refractivity contribution in [2.75, 3.05) is 0 Å². The molecule has 0 aliphatic rings. The van der Waals surface area contributed by atoms with Crippen molar-refractivity contribution in [2.24, 2.45) is 7.05 Å². The summed E-state index contributed by atoms with van der Waals surface area (Å²) in [6.45, 7) is 2.14. The van der Waals surface area contributed by atoms with Gasteiger partial charge in [0.1, 0.15) is 5.69 Å². The number of aryl methyl sites for hydroxylation is 2. The molecule has 0 aliphatic heterocycles. The molecule has 0 atom stereocenters. The number of thiazole rings is 1. The van der Waals surface area contributed by atoms with Crippen LogP contribution in [0.2, 0.25) is 0 Å². The van der Waals surface area contributed by atoms with Gasteiger partial charge < -0.3 is 0 Å². The van der Waals surface area contributed by atoms with Crippen molar-refractivity contribution in [3.05, 3.63) is 65.1 Å². The van der Waals surface area contributed by atoms with Gasteiger partial charge in [0.25, 0.3) is 0 Å². The van der Waals surface area contributed by atoms with Crippen molar-refractivity contribution < 1.29 is 0 Å². The predicted octanol–water partition coefficient (Wildman–Crippen LogP) is 3.76. The Bertz CT molecular complexity index is 1060. The first kappa shape index (κ1) is 14.7. The third-order valence-corrected chi connectivity index (χ3v) is 4.68. The smallest absolute Gasteiger partial charge is 0.195 e. The fourth-order valence-corrected chi connectivity index (χ4v) is 3.59. The summed E-state index contributed by atoms with van der Waals surface area (Å²) in [5, 5.41) is 6.23. The Morgan fingerprint density at radius 3 is 2.71 bits per heavy atom. The molecule has 4 nitrogen and oxygen atoms in total. The summed E-state index contributed by atoms with van der Waals surface area (Å²) in [6.07, 6.45) is 4.59. The molecule has 4 aromatic rings. The van der Waals surface area contributed by atoms with Gasteiger partial charge in [0.2, 0.25) is 0 Å². The van der Waals surface area contributed by atoms with Gasteiger partial charge in [-0.05, 0) is 12.3 Å². The highest BCUT2D eigenvalue weighted by Gasteiger charge is 2.16. The highest BCUT2D eigenvalue weighted by molar-refractivity contribution is 7.15. The molecule has 0 unspecified atom stereocenters. The molecule has 0 amide bonds. The molecule has 3 aromatic heterocycles. The van der Waals surface area contributed by atoms with Gasteiger partial charge in [-0.3, -0.25) is 9.08 Å². The minimum Gasteiger partial charge on any atom is -0.275 e. The first-order valence-corrected chi connectivity index (χ1v) is 8.69. The molecule has 3 heterocycles. The SMILES string of the molecule is CCc1nc2scc(C#Cc3cnn(C)c3)n2c1-c1ccccc1. The normalized spacial score (nSPS) is 10.8. The third kappa shape index (κ3) is 2.51. The lowest BCUT2D eigenvalue weighted by Crippen LogP contribution is -1.92. The van der Waals surface area contributed by atoms with E-state index >= 15 is 0 Å². The molecule has 0 spiro atoms. The molecule has 0 aliphatic carbocycles. The summed E-state index contributed by atoms with van der Waals surface area (Å²) in [7, 11) is 1.89. The monoisotopic (exact) mass is 332 g/mol. The van der Waals surface area contributed by atoms with Crippen molar-refractivity contribution in [1.29, 1.82) is 0 Å². The summed E-state index contributed by atoms with van der Waals surface area (Å²) in [6, 6.07) is 10.4. The molecular formula is C19H16N4S. The summed E-state index contributed by atoms with van der Waals surface area (Å²) >= 11 is 1.63. The van der Waals surface area contributed by atoms with Gasteiger partial charge in [0.05, 0.1) is 23.1 Å². The van der Waals surface area contributed by atoms with Crippen LogP contribution in [0.4, 0.5) is 0 Å². The summed E-state index contributed by atoms with van der Waals surface area (Å²) in [4.78, 5) is 5.77. The zero-order valence-electron chi connectivity index (χ0n) is 13.5. The Morgan fingerprint density at radius 1 is 1.17 bits per heavy atom. The molecule has 0 fully saturated rings. The van der Waals surface area contributed by atoms with Crippen molar-refractivity contribution in [2.45, 2.75) is 13.3 Å². The number of benzene rings is 1. The molecule has 4 rings (SSSR count). The van der Waals surface area contributed by atoms with Crippen LogP contribution in [0.1, 0.15) is 23.9 Å². The molecule has 0 N–H and O–H groups in total. The maximum atomic E-state index is 4.78. The first-order chi connectivity index (χ1) is 11.8. The van der Waals surface area contributed by atoms with E-state index in [1.54, 1.807) is 22.2 Å². The number of imidazole rings is 1. The van der Waals surface area contributed by atoms with E-state index in [9.17, 15) is 0 Å². The van der Waals surface area contributed by atoms with Gasteiger partial charge in [-0.15, -0.1) is 11.3 Å². The van der Waals surface area contributed by atoms with E-state index < -0.39 is 0 Å². The first-order valence-electron chi connectivity index (χ1n) is 7.81. The average Bonchev–Trinajstić information content (AvgIpc) is 3.28. The van der Waals surface area contributed by atoms with Crippen LogP contribution in [0.3, 0.4) is 0 Å². The second-order valence-electron chi connectivity index (χ2n) is 5.52. The molecule has 0 radical (unpaired) electrons. The lowest BCUT2D eigenvalue weighted by atomic mass is 10.1. The fraction of sp³-hybridized carbons (Fsp3) is 0.158. The average molecular weight is 332 g/mol. The Balaban J connectivity index is 1.89. The maximum absolute atomic E-state index is 4.78. The van der Waals surface area contributed by atoms with E-state index in [0.717, 1.165) is 34.0 Å². The molecular weight excluding hydrogens is 316 g/mol. The van der Waals surface area contributed by atoms with Crippen LogP contribution in [0.5, 0.6) is 0 Å². The van der Waals surface area contributed by atoms with Gasteiger partial charge in [-0.2, -0.15) is 5.10 Å². The number of hydrogen-bond donors (Lipinski definition) is 0. The van der Waals surface area contributed by atoms with Crippen LogP contribution < -0.4 is 0 Å². The van der Waals surface area contributed by atoms with E-state index in [4.69, 9.17) is 4.98 Å². The Labute approximate surface area is 144 Å². The Kier molecular flexibility index (Phi) is 3.68. The van der Waals surface area contributed by atoms with Crippen molar-refractivity contribution >= 4 is 16.3 Å². The number of aromatic nitrogens is 4. The van der Waals surface area contributed by atoms with Crippen molar-refractivity contribution in [1.82, 2.24) is 19.2 Å². The van der Waals surface area contributed by atoms with Gasteiger partial charge in [0, 0.05) is 24.2 Å². The maximum Gasteiger partial charge on any atom is 0.195 e. The van der Waals surface area contributed by atoms with Crippen LogP contribution in [0.15, 0.2) is 48.1 Å². The molecule has 1 aromatic carbocycles. The van der Waals surface area contributed by atoms with Crippen LogP contribution >= 0.6 is 11.3 Å². The second kappa shape index (κ2) is 5.99. The number of hydrogen-bond acceptors (Lipinski definition) is 3. The van der Waals surface area contributed by atoms with Crippen LogP contribution in [0.25, 0.3) is 16.2 Å². The minimum atomic E-state index is 0.897. The molecule has 24 heavy (non-hydrogen) atoms. The minimum absolute atomic E-state index is 0.897. The fourth-order valence-electron chi connectivity index (χ4n) is 2.75. The van der Waals surface area contributed by atoms with E-state index in [1.165, 1.54) is 5.56 Å². The topological polar surface area (TPSA) is 35.1 Å². The van der Waals surface area contributed by atoms with Crippen molar-refractivity contribution in [3.63, 3.8) is 0 Å². The standard InChI is InChI=1S/C19H16N4S/c1-3-17-18(15-7-5-4-6-8-15)23-16(13-24-19(23)21-17)10-9-14-11-20-22(2)12-14/h4-8,11-13H,3H2,1-2H3. The van der Waals surface area contributed by atoms with Gasteiger partial charge in [-0.1, -0.05) is 43.2 Å². The number of nitrogens with zero attached hydrogens (tertiary/aromatic N) is 4. The van der Waals surface area contributed by atoms with E-state index in [0.29, 0.717) is 0 Å². The van der Waals surface area contributed by atoms with E-state index in [1.807, 2.05) is 19.3 Å². The van der Waals surface area contributed by atoms with E-state index in [-0.39, 0.29) is 0 Å². The number of rotatable bonds is 2. The molecule has 0 bridgehead atoms. The molecule has 5 heteroatoms. The highest BCUT2D eigenvalue weighted by atomic mass is 32.1. The highest BCUT2D eigenvalue weighted by Crippen LogP contribution is 2.29. The zero-order chi connectivity index (χ0) is 16.5. The van der Waals surface area contributed by atoms with Crippen molar-refractivity contribution in [3.8, 4) is 23.1 Å². The summed E-state index contributed by atoms with van der Waals surface area (Å²) < 4.78 is 3.93. The summed E-state index contributed by atoms with van der Waals surface area (Å²) in [5.74, 6) is 6.47. The quantitative estimate of drug-likeness (QED) is 0.524. The Hall–Kier alpha value is -2.84. The van der Waals surface area contributed by atoms with Crippen LogP contribution in [-0.2, 0) is 13.5 Å². The van der Waals surface area contributed by atoms with Gasteiger partial charge >= 0.3 is 0 Å². The zero-order valence-corrected chi connectivity index (χ0v) is 14.3. The second-order valence-corrected chi connectivity index (χ2v) is 6.35. The Morgan fingerprint density at radius 2 is 2.00 bits per heavy atom. The van der Waals surface area contributed by atoms with Gasteiger partial charge in [-0.25, -0.2) is 4.98 Å². The largest absolute Gasteiger partial charge is 0.275 e. The summed E-state index contributed by atoms with van der Waals surface area (Å²) in [5.41, 5.74) is 5.30. The lowest BCUT2D eigenvalue weighted by Gasteiger charge is -2.03. The number of fused-ring (bicyclic) bond motifs is 1. The molecule has 0 saturated carbocycles. The van der Waals surface area contributed by atoms with Crippen LogP contribution in [0, 0.1) is 11.8 Å². The van der Waals surface area contributed by atoms with Crippen LogP contribution in [-0.4, -0.2) is 19.2 Å². The molecule has 0 saturated heterocycles. The van der Waals surface area contributed by atoms with E-state index in [2.05, 4.69) is 57.9 Å². The third-order valence-electron chi connectivity index (χ3n) is 3.86. The predicted molar refractivity (Wildman–Crippen MR) is 97.1 cm³/mol. The van der Waals surface area contributed by atoms with Gasteiger partial charge in [0.15, 0.2) is 4.96 Å².